The Bertz CT molecular complexity index is 499. The van der Waals surface area contributed by atoms with Crippen molar-refractivity contribution in [3.63, 3.8) is 0 Å². The maximum absolute atomic E-state index is 12.1. The first kappa shape index (κ1) is 15.4. The molecule has 0 radical (unpaired) electrons. The Labute approximate surface area is 129 Å². The molecule has 0 aromatic heterocycles. The van der Waals surface area contributed by atoms with Gasteiger partial charge in [0.1, 0.15) is 0 Å². The van der Waals surface area contributed by atoms with Crippen LogP contribution in [0.3, 0.4) is 0 Å². The lowest BCUT2D eigenvalue weighted by atomic mass is 10.2. The Balaban J connectivity index is 1.92. The SMILES string of the molecule is Cc1cc(Cl)c(NCC(=O)N2CCN(C)CC2)cc1Cl. The number of benzene rings is 1. The monoisotopic (exact) mass is 315 g/mol. The number of anilines is 1. The number of hydrogen-bond donors (Lipinski definition) is 1. The van der Waals surface area contributed by atoms with Crippen LogP contribution < -0.4 is 5.32 Å². The molecule has 20 heavy (non-hydrogen) atoms. The number of carbonyl (C=O) groups is 1. The fourth-order valence-corrected chi connectivity index (χ4v) is 2.57. The minimum Gasteiger partial charge on any atom is -0.375 e. The Kier molecular flexibility index (Phi) is 5.13. The summed E-state index contributed by atoms with van der Waals surface area (Å²) in [4.78, 5) is 16.2. The highest BCUT2D eigenvalue weighted by Gasteiger charge is 2.18. The van der Waals surface area contributed by atoms with Crippen LogP contribution >= 0.6 is 23.2 Å². The van der Waals surface area contributed by atoms with Gasteiger partial charge in [0, 0.05) is 31.2 Å². The van der Waals surface area contributed by atoms with Crippen LogP contribution in [-0.2, 0) is 4.79 Å². The number of hydrogen-bond acceptors (Lipinski definition) is 3. The molecular formula is C14H19Cl2N3O. The van der Waals surface area contributed by atoms with Crippen molar-refractivity contribution in [2.24, 2.45) is 0 Å². The fraction of sp³-hybridized carbons (Fsp3) is 0.500. The van der Waals surface area contributed by atoms with Gasteiger partial charge in [0.05, 0.1) is 17.3 Å². The van der Waals surface area contributed by atoms with Crippen molar-refractivity contribution >= 4 is 34.8 Å². The number of carbonyl (C=O) groups excluding carboxylic acids is 1. The van der Waals surface area contributed by atoms with Crippen LogP contribution in [0.4, 0.5) is 5.69 Å². The predicted octanol–water partition coefficient (Wildman–Crippen LogP) is 2.49. The average molecular weight is 316 g/mol. The third-order valence-corrected chi connectivity index (χ3v) is 4.25. The second-order valence-corrected chi connectivity index (χ2v) is 5.93. The zero-order chi connectivity index (χ0) is 14.7. The van der Waals surface area contributed by atoms with E-state index in [1.54, 1.807) is 12.1 Å². The van der Waals surface area contributed by atoms with E-state index in [-0.39, 0.29) is 12.5 Å². The smallest absolute Gasteiger partial charge is 0.241 e. The number of nitrogens with one attached hydrogen (secondary N) is 1. The van der Waals surface area contributed by atoms with Crippen LogP contribution in [-0.4, -0.2) is 55.5 Å². The zero-order valence-corrected chi connectivity index (χ0v) is 13.3. The van der Waals surface area contributed by atoms with Crippen LogP contribution in [0, 0.1) is 6.92 Å². The van der Waals surface area contributed by atoms with Crippen LogP contribution in [0.25, 0.3) is 0 Å². The lowest BCUT2D eigenvalue weighted by molar-refractivity contribution is -0.130. The van der Waals surface area contributed by atoms with Crippen LogP contribution in [0.15, 0.2) is 12.1 Å². The standard InChI is InChI=1S/C14H19Cl2N3O/c1-10-7-12(16)13(8-11(10)15)17-9-14(20)19-5-3-18(2)4-6-19/h7-8,17H,3-6,9H2,1-2H3. The molecule has 1 aliphatic heterocycles. The van der Waals surface area contributed by atoms with Gasteiger partial charge in [0.2, 0.25) is 5.91 Å². The van der Waals surface area contributed by atoms with Gasteiger partial charge in [-0.15, -0.1) is 0 Å². The average Bonchev–Trinajstić information content (AvgIpc) is 2.42. The molecule has 1 aromatic rings. The van der Waals surface area contributed by atoms with Crippen LogP contribution in [0.2, 0.25) is 10.0 Å². The van der Waals surface area contributed by atoms with E-state index in [0.717, 1.165) is 31.7 Å². The third-order valence-electron chi connectivity index (χ3n) is 3.53. The van der Waals surface area contributed by atoms with E-state index in [9.17, 15) is 4.79 Å². The van der Waals surface area contributed by atoms with Crippen molar-refractivity contribution in [2.45, 2.75) is 6.92 Å². The molecular weight excluding hydrogens is 297 g/mol. The van der Waals surface area contributed by atoms with Gasteiger partial charge < -0.3 is 15.1 Å². The number of halogens is 2. The van der Waals surface area contributed by atoms with Crippen molar-refractivity contribution in [3.8, 4) is 0 Å². The summed E-state index contributed by atoms with van der Waals surface area (Å²) >= 11 is 12.2. The highest BCUT2D eigenvalue weighted by atomic mass is 35.5. The summed E-state index contributed by atoms with van der Waals surface area (Å²) < 4.78 is 0. The Morgan fingerprint density at radius 3 is 2.50 bits per heavy atom. The van der Waals surface area contributed by atoms with Gasteiger partial charge in [-0.3, -0.25) is 4.79 Å². The normalized spacial score (nSPS) is 16.3. The maximum atomic E-state index is 12.1. The van der Waals surface area contributed by atoms with Gasteiger partial charge in [0.15, 0.2) is 0 Å². The molecule has 110 valence electrons. The van der Waals surface area contributed by atoms with Gasteiger partial charge in [-0.25, -0.2) is 0 Å². The molecule has 1 fully saturated rings. The summed E-state index contributed by atoms with van der Waals surface area (Å²) in [5, 5.41) is 4.29. The van der Waals surface area contributed by atoms with E-state index < -0.39 is 0 Å². The quantitative estimate of drug-likeness (QED) is 0.931. The van der Waals surface area contributed by atoms with Crippen LogP contribution in [0.5, 0.6) is 0 Å². The number of piperazine rings is 1. The Hall–Kier alpha value is -0.970. The molecule has 6 heteroatoms. The molecule has 4 nitrogen and oxygen atoms in total. The van der Waals surface area contributed by atoms with E-state index in [4.69, 9.17) is 23.2 Å². The first-order chi connectivity index (χ1) is 9.47. The molecule has 2 rings (SSSR count). The number of likely N-dealkylation sites (N-methyl/N-ethyl adjacent to an activating group) is 1. The van der Waals surface area contributed by atoms with Crippen molar-refractivity contribution in [1.82, 2.24) is 9.80 Å². The second kappa shape index (κ2) is 6.66. The molecule has 1 saturated heterocycles. The van der Waals surface area contributed by atoms with Crippen molar-refractivity contribution in [1.29, 1.82) is 0 Å². The van der Waals surface area contributed by atoms with Gasteiger partial charge in [-0.2, -0.15) is 0 Å². The van der Waals surface area contributed by atoms with Crippen molar-refractivity contribution in [2.75, 3.05) is 45.1 Å². The van der Waals surface area contributed by atoms with Gasteiger partial charge in [-0.05, 0) is 31.7 Å². The van der Waals surface area contributed by atoms with Crippen molar-refractivity contribution in [3.05, 3.63) is 27.7 Å². The maximum Gasteiger partial charge on any atom is 0.241 e. The van der Waals surface area contributed by atoms with Crippen molar-refractivity contribution < 1.29 is 4.79 Å². The van der Waals surface area contributed by atoms with E-state index in [0.29, 0.717) is 15.7 Å². The topological polar surface area (TPSA) is 35.6 Å². The summed E-state index contributed by atoms with van der Waals surface area (Å²) in [7, 11) is 2.06. The van der Waals surface area contributed by atoms with Gasteiger partial charge in [-0.1, -0.05) is 23.2 Å². The first-order valence-electron chi connectivity index (χ1n) is 6.63. The molecule has 0 atom stereocenters. The summed E-state index contributed by atoms with van der Waals surface area (Å²) in [6.07, 6.45) is 0. The number of nitrogens with zero attached hydrogens (tertiary/aromatic N) is 2. The minimum atomic E-state index is 0.0888. The number of amides is 1. The molecule has 1 aliphatic rings. The lowest BCUT2D eigenvalue weighted by Crippen LogP contribution is -2.48. The minimum absolute atomic E-state index is 0.0888. The largest absolute Gasteiger partial charge is 0.375 e. The van der Waals surface area contributed by atoms with Gasteiger partial charge >= 0.3 is 0 Å². The number of rotatable bonds is 3. The predicted molar refractivity (Wildman–Crippen MR) is 83.8 cm³/mol. The first-order valence-corrected chi connectivity index (χ1v) is 7.39. The molecule has 0 unspecified atom stereocenters. The van der Waals surface area contributed by atoms with Gasteiger partial charge in [0.25, 0.3) is 0 Å². The Morgan fingerprint density at radius 1 is 1.20 bits per heavy atom. The van der Waals surface area contributed by atoms with E-state index in [2.05, 4.69) is 17.3 Å². The third kappa shape index (κ3) is 3.78. The molecule has 0 aliphatic carbocycles. The molecule has 1 N–H and O–H groups in total. The molecule has 0 saturated carbocycles. The summed E-state index contributed by atoms with van der Waals surface area (Å²) in [6, 6.07) is 3.56. The molecule has 1 amide bonds. The molecule has 1 heterocycles. The van der Waals surface area contributed by atoms with E-state index >= 15 is 0 Å². The zero-order valence-electron chi connectivity index (χ0n) is 11.7. The lowest BCUT2D eigenvalue weighted by Gasteiger charge is -2.32. The molecule has 0 bridgehead atoms. The molecule has 0 spiro atoms. The highest BCUT2D eigenvalue weighted by molar-refractivity contribution is 6.35. The fourth-order valence-electron chi connectivity index (χ4n) is 2.12. The van der Waals surface area contributed by atoms with E-state index in [1.807, 2.05) is 11.8 Å². The summed E-state index contributed by atoms with van der Waals surface area (Å²) in [5.74, 6) is 0.0888. The number of aryl methyl sites for hydroxylation is 1. The summed E-state index contributed by atoms with van der Waals surface area (Å²) in [5.41, 5.74) is 1.62. The summed E-state index contributed by atoms with van der Waals surface area (Å²) in [6.45, 7) is 5.53. The highest BCUT2D eigenvalue weighted by Crippen LogP contribution is 2.28. The second-order valence-electron chi connectivity index (χ2n) is 5.12. The van der Waals surface area contributed by atoms with E-state index in [1.165, 1.54) is 0 Å². The molecule has 1 aromatic carbocycles. The van der Waals surface area contributed by atoms with Crippen LogP contribution in [0.1, 0.15) is 5.56 Å². The Morgan fingerprint density at radius 2 is 1.85 bits per heavy atom.